The summed E-state index contributed by atoms with van der Waals surface area (Å²) in [7, 11) is 0. The highest BCUT2D eigenvalue weighted by atomic mass is 32.1. The Bertz CT molecular complexity index is 645. The first-order valence-corrected chi connectivity index (χ1v) is 7.05. The molecule has 1 aromatic carbocycles. The largest absolute Gasteiger partial charge is 0.467 e. The molecule has 1 fully saturated rings. The standard InChI is InChI=1S/C15H14F2N2OS/c16-12-6-9(15(18)21)7-13(17)14(12)19(10-3-4-10)8-11-2-1-5-20-11/h1-2,5-7,10H,3-4,8H2,(H2,18,21). The van der Waals surface area contributed by atoms with Gasteiger partial charge in [-0.05, 0) is 37.1 Å². The van der Waals surface area contributed by atoms with E-state index in [1.54, 1.807) is 23.3 Å². The van der Waals surface area contributed by atoms with E-state index in [4.69, 9.17) is 22.4 Å². The van der Waals surface area contributed by atoms with E-state index in [2.05, 4.69) is 0 Å². The van der Waals surface area contributed by atoms with E-state index in [0.717, 1.165) is 12.8 Å². The summed E-state index contributed by atoms with van der Waals surface area (Å²) in [6, 6.07) is 6.03. The highest BCUT2D eigenvalue weighted by Crippen LogP contribution is 2.36. The summed E-state index contributed by atoms with van der Waals surface area (Å²) in [4.78, 5) is 1.68. The van der Waals surface area contributed by atoms with Crippen LogP contribution in [0.3, 0.4) is 0 Å². The van der Waals surface area contributed by atoms with Gasteiger partial charge < -0.3 is 15.1 Å². The Balaban J connectivity index is 1.97. The monoisotopic (exact) mass is 308 g/mol. The third-order valence-corrected chi connectivity index (χ3v) is 3.72. The van der Waals surface area contributed by atoms with Gasteiger partial charge in [0.05, 0.1) is 12.8 Å². The highest BCUT2D eigenvalue weighted by molar-refractivity contribution is 7.80. The summed E-state index contributed by atoms with van der Waals surface area (Å²) < 4.78 is 33.9. The van der Waals surface area contributed by atoms with Crippen LogP contribution in [0.1, 0.15) is 24.2 Å². The average Bonchev–Trinajstić information content (AvgIpc) is 3.14. The lowest BCUT2D eigenvalue weighted by molar-refractivity contribution is 0.493. The zero-order chi connectivity index (χ0) is 15.0. The minimum atomic E-state index is -0.656. The second-order valence-electron chi connectivity index (χ2n) is 5.09. The molecule has 1 aromatic heterocycles. The van der Waals surface area contributed by atoms with Crippen molar-refractivity contribution < 1.29 is 13.2 Å². The summed E-state index contributed by atoms with van der Waals surface area (Å²) >= 11 is 4.76. The van der Waals surface area contributed by atoms with Crippen LogP contribution in [-0.4, -0.2) is 11.0 Å². The van der Waals surface area contributed by atoms with E-state index in [1.807, 2.05) is 0 Å². The summed E-state index contributed by atoms with van der Waals surface area (Å²) in [5.41, 5.74) is 5.57. The van der Waals surface area contributed by atoms with Crippen molar-refractivity contribution in [1.82, 2.24) is 0 Å². The van der Waals surface area contributed by atoms with Crippen LogP contribution in [0.5, 0.6) is 0 Å². The SMILES string of the molecule is NC(=S)c1cc(F)c(N(Cc2ccco2)C2CC2)c(F)c1. The molecule has 21 heavy (non-hydrogen) atoms. The number of furan rings is 1. The summed E-state index contributed by atoms with van der Waals surface area (Å²) in [5, 5.41) is 0. The minimum absolute atomic E-state index is 0.0247. The van der Waals surface area contributed by atoms with Crippen LogP contribution in [0.2, 0.25) is 0 Å². The molecule has 0 unspecified atom stereocenters. The first-order valence-electron chi connectivity index (χ1n) is 6.64. The zero-order valence-corrected chi connectivity index (χ0v) is 12.0. The van der Waals surface area contributed by atoms with E-state index in [0.29, 0.717) is 12.3 Å². The number of benzene rings is 1. The number of thiocarbonyl (C=S) groups is 1. The van der Waals surface area contributed by atoms with Crippen molar-refractivity contribution in [2.45, 2.75) is 25.4 Å². The normalized spacial score (nSPS) is 14.2. The van der Waals surface area contributed by atoms with Gasteiger partial charge in [0.15, 0.2) is 0 Å². The van der Waals surface area contributed by atoms with Crippen LogP contribution in [0.15, 0.2) is 34.9 Å². The molecule has 1 heterocycles. The van der Waals surface area contributed by atoms with E-state index in [1.165, 1.54) is 12.1 Å². The molecule has 1 saturated carbocycles. The van der Waals surface area contributed by atoms with Crippen LogP contribution in [0.25, 0.3) is 0 Å². The maximum Gasteiger partial charge on any atom is 0.150 e. The van der Waals surface area contributed by atoms with Gasteiger partial charge >= 0.3 is 0 Å². The third-order valence-electron chi connectivity index (χ3n) is 3.48. The summed E-state index contributed by atoms with van der Waals surface area (Å²) in [6.45, 7) is 0.331. The Labute approximate surface area is 126 Å². The molecule has 3 rings (SSSR count). The fourth-order valence-corrected chi connectivity index (χ4v) is 2.45. The molecule has 1 aliphatic carbocycles. The van der Waals surface area contributed by atoms with Crippen LogP contribution >= 0.6 is 12.2 Å². The molecule has 0 bridgehead atoms. The highest BCUT2D eigenvalue weighted by Gasteiger charge is 2.33. The van der Waals surface area contributed by atoms with Gasteiger partial charge in [0.25, 0.3) is 0 Å². The Morgan fingerprint density at radius 2 is 2.00 bits per heavy atom. The van der Waals surface area contributed by atoms with Crippen molar-refractivity contribution in [2.75, 3.05) is 4.90 Å². The van der Waals surface area contributed by atoms with Crippen molar-refractivity contribution in [1.29, 1.82) is 0 Å². The van der Waals surface area contributed by atoms with Crippen LogP contribution in [-0.2, 0) is 6.54 Å². The van der Waals surface area contributed by atoms with Gasteiger partial charge in [-0.3, -0.25) is 0 Å². The number of nitrogens with zero attached hydrogens (tertiary/aromatic N) is 1. The predicted octanol–water partition coefficient (Wildman–Crippen LogP) is 3.36. The average molecular weight is 308 g/mol. The molecule has 6 heteroatoms. The lowest BCUT2D eigenvalue weighted by Crippen LogP contribution is -2.27. The Hall–Kier alpha value is -1.95. The van der Waals surface area contributed by atoms with Crippen molar-refractivity contribution in [3.63, 3.8) is 0 Å². The number of nitrogens with two attached hydrogens (primary N) is 1. The van der Waals surface area contributed by atoms with Crippen LogP contribution in [0.4, 0.5) is 14.5 Å². The Kier molecular flexibility index (Phi) is 3.63. The lowest BCUT2D eigenvalue weighted by atomic mass is 10.1. The smallest absolute Gasteiger partial charge is 0.150 e. The molecule has 2 N–H and O–H groups in total. The third kappa shape index (κ3) is 2.90. The van der Waals surface area contributed by atoms with Crippen molar-refractivity contribution in [2.24, 2.45) is 5.73 Å². The zero-order valence-electron chi connectivity index (χ0n) is 11.2. The van der Waals surface area contributed by atoms with Gasteiger partial charge in [0.1, 0.15) is 28.1 Å². The lowest BCUT2D eigenvalue weighted by Gasteiger charge is -2.25. The fourth-order valence-electron chi connectivity index (χ4n) is 2.33. The minimum Gasteiger partial charge on any atom is -0.467 e. The Morgan fingerprint density at radius 1 is 1.33 bits per heavy atom. The number of anilines is 1. The van der Waals surface area contributed by atoms with Gasteiger partial charge in [-0.1, -0.05) is 12.2 Å². The fraction of sp³-hybridized carbons (Fsp3) is 0.267. The van der Waals surface area contributed by atoms with Gasteiger partial charge in [0, 0.05) is 11.6 Å². The molecule has 0 radical (unpaired) electrons. The molecule has 2 aromatic rings. The number of hydrogen-bond donors (Lipinski definition) is 1. The molecule has 0 amide bonds. The predicted molar refractivity (Wildman–Crippen MR) is 80.2 cm³/mol. The van der Waals surface area contributed by atoms with E-state index in [9.17, 15) is 8.78 Å². The second-order valence-corrected chi connectivity index (χ2v) is 5.53. The summed E-state index contributed by atoms with van der Waals surface area (Å²) in [6.07, 6.45) is 3.37. The molecule has 3 nitrogen and oxygen atoms in total. The van der Waals surface area contributed by atoms with Crippen molar-refractivity contribution in [3.05, 3.63) is 53.5 Å². The summed E-state index contributed by atoms with van der Waals surface area (Å²) in [5.74, 6) is -0.647. The topological polar surface area (TPSA) is 42.4 Å². The molecule has 0 atom stereocenters. The quantitative estimate of drug-likeness (QED) is 0.860. The first-order chi connectivity index (χ1) is 10.1. The molecule has 0 spiro atoms. The van der Waals surface area contributed by atoms with E-state index in [-0.39, 0.29) is 22.3 Å². The van der Waals surface area contributed by atoms with E-state index >= 15 is 0 Å². The molecular formula is C15H14F2N2OS. The molecular weight excluding hydrogens is 294 g/mol. The second kappa shape index (κ2) is 5.44. The molecule has 1 aliphatic rings. The van der Waals surface area contributed by atoms with Gasteiger partial charge in [-0.2, -0.15) is 0 Å². The number of halogens is 2. The maximum atomic E-state index is 14.3. The van der Waals surface area contributed by atoms with Crippen LogP contribution < -0.4 is 10.6 Å². The van der Waals surface area contributed by atoms with Gasteiger partial charge in [0.2, 0.25) is 0 Å². The van der Waals surface area contributed by atoms with Crippen LogP contribution in [0, 0.1) is 11.6 Å². The van der Waals surface area contributed by atoms with Gasteiger partial charge in [-0.25, -0.2) is 8.78 Å². The number of hydrogen-bond acceptors (Lipinski definition) is 3. The molecule has 0 aliphatic heterocycles. The Morgan fingerprint density at radius 3 is 2.48 bits per heavy atom. The van der Waals surface area contributed by atoms with Gasteiger partial charge in [-0.15, -0.1) is 0 Å². The van der Waals surface area contributed by atoms with E-state index < -0.39 is 11.6 Å². The van der Waals surface area contributed by atoms with Crippen molar-refractivity contribution in [3.8, 4) is 0 Å². The number of rotatable bonds is 5. The molecule has 0 saturated heterocycles. The van der Waals surface area contributed by atoms with Crippen molar-refractivity contribution >= 4 is 22.9 Å². The first kappa shape index (κ1) is 14.0. The molecule has 110 valence electrons. The maximum absolute atomic E-state index is 14.3.